The maximum atomic E-state index is 10.6. The van der Waals surface area contributed by atoms with Crippen LogP contribution < -0.4 is 10.6 Å². The van der Waals surface area contributed by atoms with Crippen LogP contribution in [0.15, 0.2) is 36.8 Å². The van der Waals surface area contributed by atoms with E-state index in [2.05, 4.69) is 30.6 Å². The maximum Gasteiger partial charge on any atom is 0.322 e. The summed E-state index contributed by atoms with van der Waals surface area (Å²) in [6.45, 7) is 1.74. The maximum absolute atomic E-state index is 10.6. The Morgan fingerprint density at radius 1 is 1.26 bits per heavy atom. The number of carboxylic acid groups (broad SMARTS) is 1. The van der Waals surface area contributed by atoms with Crippen LogP contribution in [-0.4, -0.2) is 37.6 Å². The molecule has 0 saturated heterocycles. The van der Waals surface area contributed by atoms with Gasteiger partial charge in [-0.05, 0) is 24.6 Å². The molecule has 2 aromatic heterocycles. The Hall–Kier alpha value is -3.29. The van der Waals surface area contributed by atoms with E-state index in [1.807, 2.05) is 31.2 Å². The fourth-order valence-electron chi connectivity index (χ4n) is 2.05. The number of benzene rings is 1. The molecule has 1 aromatic carbocycles. The number of carboxylic acids is 1. The van der Waals surface area contributed by atoms with Gasteiger partial charge in [-0.1, -0.05) is 12.1 Å². The first-order chi connectivity index (χ1) is 11.1. The topological polar surface area (TPSA) is 113 Å². The molecule has 0 aliphatic heterocycles. The molecule has 8 nitrogen and oxygen atoms in total. The van der Waals surface area contributed by atoms with Crippen molar-refractivity contribution in [2.24, 2.45) is 0 Å². The lowest BCUT2D eigenvalue weighted by Gasteiger charge is -2.09. The van der Waals surface area contributed by atoms with Crippen molar-refractivity contribution in [3.05, 3.63) is 42.4 Å². The van der Waals surface area contributed by atoms with Gasteiger partial charge in [0, 0.05) is 5.69 Å². The number of hydrogen-bond acceptors (Lipinski definition) is 7. The zero-order valence-corrected chi connectivity index (χ0v) is 12.3. The molecular weight excluding hydrogens is 296 g/mol. The van der Waals surface area contributed by atoms with Crippen LogP contribution in [0, 0.1) is 6.92 Å². The molecule has 116 valence electrons. The first kappa shape index (κ1) is 14.6. The van der Waals surface area contributed by atoms with Crippen LogP contribution in [0.25, 0.3) is 11.0 Å². The number of fused-ring (bicyclic) bond motifs is 1. The number of nitrogens with one attached hydrogen (secondary N) is 2. The van der Waals surface area contributed by atoms with Crippen molar-refractivity contribution in [3.8, 4) is 0 Å². The Bertz CT molecular complexity index is 867. The fourth-order valence-corrected chi connectivity index (χ4v) is 2.05. The zero-order chi connectivity index (χ0) is 16.2. The van der Waals surface area contributed by atoms with Gasteiger partial charge in [0.25, 0.3) is 0 Å². The van der Waals surface area contributed by atoms with Crippen LogP contribution in [0.2, 0.25) is 0 Å². The van der Waals surface area contributed by atoms with Crippen molar-refractivity contribution >= 4 is 34.5 Å². The molecule has 0 bridgehead atoms. The zero-order valence-electron chi connectivity index (χ0n) is 12.3. The molecule has 0 atom stereocenters. The molecule has 0 unspecified atom stereocenters. The molecular formula is C15H14N6O2. The number of hydrogen-bond donors (Lipinski definition) is 3. The standard InChI is InChI=1S/C15H14N6O2/c1-9-3-2-4-10(5-9)20-14-13-11(18-8-19-14)6-16-15(21-13)17-7-12(22)23/h2-6,8H,7H2,1H3,(H,22,23)(H,16,17,21)(H,18,19,20). The smallest absolute Gasteiger partial charge is 0.322 e. The van der Waals surface area contributed by atoms with E-state index in [1.165, 1.54) is 12.5 Å². The summed E-state index contributed by atoms with van der Waals surface area (Å²) in [7, 11) is 0. The predicted molar refractivity (Wildman–Crippen MR) is 85.7 cm³/mol. The van der Waals surface area contributed by atoms with Crippen LogP contribution in [0.4, 0.5) is 17.5 Å². The van der Waals surface area contributed by atoms with E-state index in [9.17, 15) is 4.79 Å². The molecule has 3 aromatic rings. The molecule has 0 radical (unpaired) electrons. The summed E-state index contributed by atoms with van der Waals surface area (Å²) >= 11 is 0. The summed E-state index contributed by atoms with van der Waals surface area (Å²) in [5.74, 6) is -0.250. The minimum Gasteiger partial charge on any atom is -0.480 e. The third-order valence-electron chi connectivity index (χ3n) is 3.06. The lowest BCUT2D eigenvalue weighted by Crippen LogP contribution is -2.14. The molecule has 23 heavy (non-hydrogen) atoms. The molecule has 0 fully saturated rings. The SMILES string of the molecule is Cc1cccc(Nc2ncnc3cnc(NCC(=O)O)nc23)c1. The number of aryl methyl sites for hydroxylation is 1. The van der Waals surface area contributed by atoms with E-state index in [-0.39, 0.29) is 12.5 Å². The van der Waals surface area contributed by atoms with Gasteiger partial charge in [0.2, 0.25) is 5.95 Å². The number of carbonyl (C=O) groups is 1. The van der Waals surface area contributed by atoms with Crippen LogP contribution >= 0.6 is 0 Å². The highest BCUT2D eigenvalue weighted by molar-refractivity contribution is 5.87. The largest absolute Gasteiger partial charge is 0.480 e. The van der Waals surface area contributed by atoms with Crippen molar-refractivity contribution in [2.75, 3.05) is 17.2 Å². The van der Waals surface area contributed by atoms with E-state index in [1.54, 1.807) is 0 Å². The summed E-state index contributed by atoms with van der Waals surface area (Å²) in [5, 5.41) is 14.5. The second kappa shape index (κ2) is 6.22. The molecule has 8 heteroatoms. The summed E-state index contributed by atoms with van der Waals surface area (Å²) in [6, 6.07) is 7.85. The van der Waals surface area contributed by atoms with Gasteiger partial charge in [-0.2, -0.15) is 0 Å². The van der Waals surface area contributed by atoms with Gasteiger partial charge in [0.1, 0.15) is 23.9 Å². The second-order valence-electron chi connectivity index (χ2n) is 4.89. The number of aliphatic carboxylic acids is 1. The van der Waals surface area contributed by atoms with Crippen LogP contribution in [0.1, 0.15) is 5.56 Å². The van der Waals surface area contributed by atoms with E-state index in [0.29, 0.717) is 16.9 Å². The Labute approximate surface area is 131 Å². The Morgan fingerprint density at radius 2 is 2.13 bits per heavy atom. The minimum atomic E-state index is -0.990. The third-order valence-corrected chi connectivity index (χ3v) is 3.06. The second-order valence-corrected chi connectivity index (χ2v) is 4.89. The first-order valence-electron chi connectivity index (χ1n) is 6.89. The molecule has 0 aliphatic carbocycles. The van der Waals surface area contributed by atoms with Gasteiger partial charge >= 0.3 is 5.97 Å². The summed E-state index contributed by atoms with van der Waals surface area (Å²) in [4.78, 5) is 27.3. The van der Waals surface area contributed by atoms with Gasteiger partial charge < -0.3 is 15.7 Å². The number of anilines is 3. The molecule has 3 N–H and O–H groups in total. The van der Waals surface area contributed by atoms with Crippen LogP contribution in [-0.2, 0) is 4.79 Å². The molecule has 0 saturated carbocycles. The van der Waals surface area contributed by atoms with Crippen molar-refractivity contribution < 1.29 is 9.90 Å². The minimum absolute atomic E-state index is 0.210. The van der Waals surface area contributed by atoms with E-state index < -0.39 is 5.97 Å². The van der Waals surface area contributed by atoms with E-state index >= 15 is 0 Å². The molecule has 0 aliphatic rings. The molecule has 0 spiro atoms. The highest BCUT2D eigenvalue weighted by Crippen LogP contribution is 2.22. The van der Waals surface area contributed by atoms with Crippen LogP contribution in [0.5, 0.6) is 0 Å². The van der Waals surface area contributed by atoms with Gasteiger partial charge in [-0.3, -0.25) is 4.79 Å². The Balaban J connectivity index is 1.95. The fraction of sp³-hybridized carbons (Fsp3) is 0.133. The highest BCUT2D eigenvalue weighted by atomic mass is 16.4. The number of aromatic nitrogens is 4. The third kappa shape index (κ3) is 3.49. The van der Waals surface area contributed by atoms with Crippen LogP contribution in [0.3, 0.4) is 0 Å². The number of rotatable bonds is 5. The van der Waals surface area contributed by atoms with E-state index in [4.69, 9.17) is 5.11 Å². The lowest BCUT2D eigenvalue weighted by atomic mass is 10.2. The quantitative estimate of drug-likeness (QED) is 0.655. The molecule has 0 amide bonds. The highest BCUT2D eigenvalue weighted by Gasteiger charge is 2.09. The van der Waals surface area contributed by atoms with Gasteiger partial charge in [0.05, 0.1) is 6.20 Å². The van der Waals surface area contributed by atoms with Gasteiger partial charge in [-0.15, -0.1) is 0 Å². The van der Waals surface area contributed by atoms with Crippen molar-refractivity contribution in [2.45, 2.75) is 6.92 Å². The van der Waals surface area contributed by atoms with Gasteiger partial charge in [-0.25, -0.2) is 19.9 Å². The normalized spacial score (nSPS) is 10.5. The molecule has 3 rings (SSSR count). The monoisotopic (exact) mass is 310 g/mol. The Morgan fingerprint density at radius 3 is 2.91 bits per heavy atom. The molecule has 2 heterocycles. The summed E-state index contributed by atoms with van der Waals surface area (Å²) in [6.07, 6.45) is 2.95. The lowest BCUT2D eigenvalue weighted by molar-refractivity contribution is -0.134. The average molecular weight is 310 g/mol. The number of nitrogens with zero attached hydrogens (tertiary/aromatic N) is 4. The average Bonchev–Trinajstić information content (AvgIpc) is 2.53. The summed E-state index contributed by atoms with van der Waals surface area (Å²) in [5.41, 5.74) is 3.07. The van der Waals surface area contributed by atoms with Crippen molar-refractivity contribution in [1.82, 2.24) is 19.9 Å². The van der Waals surface area contributed by atoms with Gasteiger partial charge in [0.15, 0.2) is 5.82 Å². The van der Waals surface area contributed by atoms with Crippen molar-refractivity contribution in [1.29, 1.82) is 0 Å². The Kier molecular flexibility index (Phi) is 3.96. The summed E-state index contributed by atoms with van der Waals surface area (Å²) < 4.78 is 0. The first-order valence-corrected chi connectivity index (χ1v) is 6.89. The van der Waals surface area contributed by atoms with Crippen molar-refractivity contribution in [3.63, 3.8) is 0 Å². The van der Waals surface area contributed by atoms with E-state index in [0.717, 1.165) is 11.3 Å². The predicted octanol–water partition coefficient (Wildman–Crippen LogP) is 1.97.